The zero-order valence-electron chi connectivity index (χ0n) is 9.98. The van der Waals surface area contributed by atoms with E-state index in [-0.39, 0.29) is 5.88 Å². The lowest BCUT2D eigenvalue weighted by molar-refractivity contribution is 0.355. The molecule has 1 aromatic heterocycles. The lowest BCUT2D eigenvalue weighted by Gasteiger charge is -2.10. The molecule has 0 fully saturated rings. The van der Waals surface area contributed by atoms with Gasteiger partial charge in [0.1, 0.15) is 5.69 Å². The van der Waals surface area contributed by atoms with Crippen molar-refractivity contribution in [3.8, 4) is 22.8 Å². The summed E-state index contributed by atoms with van der Waals surface area (Å²) >= 11 is 0. The molecule has 17 heavy (non-hydrogen) atoms. The van der Waals surface area contributed by atoms with E-state index in [4.69, 9.17) is 19.7 Å². The summed E-state index contributed by atoms with van der Waals surface area (Å²) in [5.74, 6) is 1.62. The molecule has 0 bridgehead atoms. The van der Waals surface area contributed by atoms with Crippen molar-refractivity contribution in [2.24, 2.45) is 0 Å². The molecular weight excluding hydrogens is 220 g/mol. The van der Waals surface area contributed by atoms with Crippen LogP contribution in [-0.4, -0.2) is 19.4 Å². The molecule has 0 atom stereocenters. The summed E-state index contributed by atoms with van der Waals surface area (Å²) < 4.78 is 15.3. The van der Waals surface area contributed by atoms with Crippen LogP contribution >= 0.6 is 0 Å². The van der Waals surface area contributed by atoms with Gasteiger partial charge in [-0.15, -0.1) is 0 Å². The number of nitrogens with two attached hydrogens (primary N) is 1. The van der Waals surface area contributed by atoms with E-state index >= 15 is 0 Å². The fourth-order valence-corrected chi connectivity index (χ4v) is 1.67. The second-order valence-electron chi connectivity index (χ2n) is 3.64. The third kappa shape index (κ3) is 2.04. The van der Waals surface area contributed by atoms with Crippen LogP contribution in [0.15, 0.2) is 22.7 Å². The molecule has 0 radical (unpaired) electrons. The minimum Gasteiger partial charge on any atom is -0.493 e. The summed E-state index contributed by atoms with van der Waals surface area (Å²) in [5.41, 5.74) is 8.10. The Morgan fingerprint density at radius 2 is 1.76 bits per heavy atom. The van der Waals surface area contributed by atoms with Crippen LogP contribution in [0.25, 0.3) is 11.3 Å². The van der Waals surface area contributed by atoms with E-state index in [1.165, 1.54) is 0 Å². The zero-order valence-corrected chi connectivity index (χ0v) is 9.98. The molecule has 0 amide bonds. The highest BCUT2D eigenvalue weighted by atomic mass is 16.5. The molecule has 0 saturated heterocycles. The van der Waals surface area contributed by atoms with E-state index in [1.807, 2.05) is 19.1 Å². The lowest BCUT2D eigenvalue weighted by Crippen LogP contribution is -1.93. The molecule has 0 unspecified atom stereocenters. The first kappa shape index (κ1) is 11.3. The number of nitrogens with zero attached hydrogens (tertiary/aromatic N) is 1. The number of rotatable bonds is 3. The molecule has 90 valence electrons. The predicted molar refractivity (Wildman–Crippen MR) is 64.2 cm³/mol. The van der Waals surface area contributed by atoms with Crippen LogP contribution in [0.5, 0.6) is 11.5 Å². The van der Waals surface area contributed by atoms with Gasteiger partial charge in [-0.05, 0) is 24.6 Å². The van der Waals surface area contributed by atoms with Crippen molar-refractivity contribution in [2.75, 3.05) is 20.0 Å². The average Bonchev–Trinajstić information content (AvgIpc) is 2.75. The fraction of sp³-hybridized carbons (Fsp3) is 0.250. The summed E-state index contributed by atoms with van der Waals surface area (Å²) in [4.78, 5) is 0. The van der Waals surface area contributed by atoms with Gasteiger partial charge in [-0.2, -0.15) is 0 Å². The predicted octanol–water partition coefficient (Wildman–Crippen LogP) is 2.25. The van der Waals surface area contributed by atoms with E-state index in [0.717, 1.165) is 11.1 Å². The molecule has 0 aliphatic carbocycles. The Hall–Kier alpha value is -2.17. The molecule has 0 aliphatic heterocycles. The average molecular weight is 234 g/mol. The fourth-order valence-electron chi connectivity index (χ4n) is 1.67. The maximum atomic E-state index is 5.51. The SMILES string of the molecule is COc1cc(C)c(-c2cc(N)on2)cc1OC. The number of methoxy groups -OCH3 is 2. The van der Waals surface area contributed by atoms with Gasteiger partial charge in [0, 0.05) is 11.6 Å². The second-order valence-corrected chi connectivity index (χ2v) is 3.64. The Morgan fingerprint density at radius 3 is 2.29 bits per heavy atom. The van der Waals surface area contributed by atoms with Crippen LogP contribution in [0.1, 0.15) is 5.56 Å². The number of aryl methyl sites for hydroxylation is 1. The van der Waals surface area contributed by atoms with Crippen molar-refractivity contribution >= 4 is 5.88 Å². The first-order valence-electron chi connectivity index (χ1n) is 5.11. The minimum absolute atomic E-state index is 0.286. The number of anilines is 1. The van der Waals surface area contributed by atoms with E-state index in [0.29, 0.717) is 17.2 Å². The molecule has 5 heteroatoms. The van der Waals surface area contributed by atoms with Crippen molar-refractivity contribution in [3.63, 3.8) is 0 Å². The number of nitrogen functional groups attached to an aromatic ring is 1. The number of hydrogen-bond acceptors (Lipinski definition) is 5. The van der Waals surface area contributed by atoms with Crippen LogP contribution in [0, 0.1) is 6.92 Å². The van der Waals surface area contributed by atoms with Crippen molar-refractivity contribution < 1.29 is 14.0 Å². The van der Waals surface area contributed by atoms with Crippen molar-refractivity contribution in [1.82, 2.24) is 5.16 Å². The number of hydrogen-bond donors (Lipinski definition) is 1. The van der Waals surface area contributed by atoms with Crippen molar-refractivity contribution in [2.45, 2.75) is 6.92 Å². The summed E-state index contributed by atoms with van der Waals surface area (Å²) in [6.07, 6.45) is 0. The topological polar surface area (TPSA) is 70.5 Å². The molecular formula is C12H14N2O3. The lowest BCUT2D eigenvalue weighted by atomic mass is 10.0. The zero-order chi connectivity index (χ0) is 12.4. The Labute approximate surface area is 99.1 Å². The summed E-state index contributed by atoms with van der Waals surface area (Å²) in [7, 11) is 3.19. The molecule has 1 aromatic carbocycles. The van der Waals surface area contributed by atoms with Gasteiger partial charge in [-0.3, -0.25) is 0 Å². The number of ether oxygens (including phenoxy) is 2. The van der Waals surface area contributed by atoms with Gasteiger partial charge in [0.2, 0.25) is 5.88 Å². The summed E-state index contributed by atoms with van der Waals surface area (Å²) in [6, 6.07) is 5.42. The Balaban J connectivity index is 2.55. The quantitative estimate of drug-likeness (QED) is 0.881. The van der Waals surface area contributed by atoms with Crippen LogP contribution in [0.4, 0.5) is 5.88 Å². The highest BCUT2D eigenvalue weighted by Gasteiger charge is 2.12. The summed E-state index contributed by atoms with van der Waals surface area (Å²) in [6.45, 7) is 1.96. The van der Waals surface area contributed by atoms with E-state index < -0.39 is 0 Å². The normalized spacial score (nSPS) is 10.3. The minimum atomic E-state index is 0.286. The third-order valence-corrected chi connectivity index (χ3v) is 2.53. The van der Waals surface area contributed by atoms with Crippen molar-refractivity contribution in [3.05, 3.63) is 23.8 Å². The van der Waals surface area contributed by atoms with Crippen LogP contribution in [0.2, 0.25) is 0 Å². The van der Waals surface area contributed by atoms with Gasteiger partial charge in [0.25, 0.3) is 0 Å². The van der Waals surface area contributed by atoms with Gasteiger partial charge in [-0.25, -0.2) is 0 Å². The van der Waals surface area contributed by atoms with Crippen molar-refractivity contribution in [1.29, 1.82) is 0 Å². The number of benzene rings is 1. The molecule has 2 aromatic rings. The largest absolute Gasteiger partial charge is 0.493 e. The van der Waals surface area contributed by atoms with Crippen LogP contribution in [0.3, 0.4) is 0 Å². The third-order valence-electron chi connectivity index (χ3n) is 2.53. The smallest absolute Gasteiger partial charge is 0.222 e. The van der Waals surface area contributed by atoms with Crippen LogP contribution < -0.4 is 15.2 Å². The molecule has 1 heterocycles. The maximum Gasteiger partial charge on any atom is 0.222 e. The molecule has 2 rings (SSSR count). The Kier molecular flexibility index (Phi) is 2.91. The van der Waals surface area contributed by atoms with Gasteiger partial charge < -0.3 is 19.7 Å². The molecule has 2 N–H and O–H groups in total. The first-order chi connectivity index (χ1) is 8.15. The molecule has 0 spiro atoms. The van der Waals surface area contributed by atoms with Gasteiger partial charge in [0.05, 0.1) is 14.2 Å². The Morgan fingerprint density at radius 1 is 1.12 bits per heavy atom. The monoisotopic (exact) mass is 234 g/mol. The second kappa shape index (κ2) is 4.37. The molecule has 5 nitrogen and oxygen atoms in total. The molecule has 0 aliphatic rings. The standard InChI is InChI=1S/C12H14N2O3/c1-7-4-10(15-2)11(16-3)5-8(7)9-6-12(13)17-14-9/h4-6H,13H2,1-3H3. The van der Waals surface area contributed by atoms with Crippen LogP contribution in [-0.2, 0) is 0 Å². The van der Waals surface area contributed by atoms with E-state index in [2.05, 4.69) is 5.16 Å². The van der Waals surface area contributed by atoms with Gasteiger partial charge in [-0.1, -0.05) is 5.16 Å². The van der Waals surface area contributed by atoms with E-state index in [9.17, 15) is 0 Å². The molecule has 0 saturated carbocycles. The highest BCUT2D eigenvalue weighted by molar-refractivity contribution is 5.69. The van der Waals surface area contributed by atoms with Gasteiger partial charge >= 0.3 is 0 Å². The summed E-state index contributed by atoms with van der Waals surface area (Å²) in [5, 5.41) is 3.88. The number of aromatic nitrogens is 1. The maximum absolute atomic E-state index is 5.51. The van der Waals surface area contributed by atoms with E-state index in [1.54, 1.807) is 20.3 Å². The van der Waals surface area contributed by atoms with Gasteiger partial charge in [0.15, 0.2) is 11.5 Å². The Bertz CT molecular complexity index is 535. The highest BCUT2D eigenvalue weighted by Crippen LogP contribution is 2.35. The first-order valence-corrected chi connectivity index (χ1v) is 5.11.